The topological polar surface area (TPSA) is 31.2 Å². The van der Waals surface area contributed by atoms with Crippen molar-refractivity contribution in [3.63, 3.8) is 0 Å². The molecule has 0 aromatic carbocycles. The summed E-state index contributed by atoms with van der Waals surface area (Å²) < 4.78 is 6.56. The van der Waals surface area contributed by atoms with Gasteiger partial charge in [-0.25, -0.2) is 0 Å². The van der Waals surface area contributed by atoms with Crippen LogP contribution < -0.4 is 0 Å². The van der Waals surface area contributed by atoms with Crippen LogP contribution in [0.3, 0.4) is 0 Å². The number of rotatable bonds is 3. The molecule has 0 saturated carbocycles. The molecule has 11 heavy (non-hydrogen) atoms. The molecular formula is C8H11NO2. The Balaban J connectivity index is 2.67. The molecule has 0 bridgehead atoms. The Labute approximate surface area is 65.6 Å². The Kier molecular flexibility index (Phi) is 2.31. The lowest BCUT2D eigenvalue weighted by Gasteiger charge is -2.10. The Morgan fingerprint density at radius 2 is 2.45 bits per heavy atom. The predicted molar refractivity (Wildman–Crippen MR) is 41.0 cm³/mol. The molecular weight excluding hydrogens is 142 g/mol. The van der Waals surface area contributed by atoms with E-state index in [0.717, 1.165) is 5.56 Å². The van der Waals surface area contributed by atoms with Crippen LogP contribution in [0.25, 0.3) is 0 Å². The van der Waals surface area contributed by atoms with E-state index < -0.39 is 0 Å². The fraction of sp³-hybridized carbons (Fsp3) is 0.375. The zero-order valence-electron chi connectivity index (χ0n) is 6.65. The van der Waals surface area contributed by atoms with Gasteiger partial charge in [0.05, 0.1) is 0 Å². The monoisotopic (exact) mass is 153 g/mol. The fourth-order valence-corrected chi connectivity index (χ4v) is 0.902. The summed E-state index contributed by atoms with van der Waals surface area (Å²) in [6.45, 7) is 4.26. The summed E-state index contributed by atoms with van der Waals surface area (Å²) >= 11 is 0. The highest BCUT2D eigenvalue weighted by atomic mass is 16.5. The molecule has 0 N–H and O–H groups in total. The van der Waals surface area contributed by atoms with Crippen molar-refractivity contribution in [3.05, 3.63) is 24.0 Å². The first-order chi connectivity index (χ1) is 5.24. The SMILES string of the molecule is Cc1ccn(C(C)OC=O)c1. The third-order valence-corrected chi connectivity index (χ3v) is 1.53. The van der Waals surface area contributed by atoms with Crippen LogP contribution in [0, 0.1) is 6.92 Å². The first kappa shape index (κ1) is 7.85. The van der Waals surface area contributed by atoms with Crippen molar-refractivity contribution < 1.29 is 9.53 Å². The summed E-state index contributed by atoms with van der Waals surface area (Å²) in [5, 5.41) is 0. The van der Waals surface area contributed by atoms with E-state index in [4.69, 9.17) is 4.74 Å². The molecule has 0 aliphatic rings. The maximum atomic E-state index is 9.96. The first-order valence-corrected chi connectivity index (χ1v) is 3.47. The lowest BCUT2D eigenvalue weighted by atomic mass is 10.4. The fourth-order valence-electron chi connectivity index (χ4n) is 0.902. The van der Waals surface area contributed by atoms with Gasteiger partial charge in [-0.05, 0) is 25.5 Å². The van der Waals surface area contributed by atoms with Gasteiger partial charge in [0.1, 0.15) is 0 Å². The Morgan fingerprint density at radius 1 is 1.73 bits per heavy atom. The molecule has 3 heteroatoms. The zero-order valence-corrected chi connectivity index (χ0v) is 6.65. The second-order valence-corrected chi connectivity index (χ2v) is 2.47. The quantitative estimate of drug-likeness (QED) is 0.616. The van der Waals surface area contributed by atoms with Crippen LogP contribution in [-0.4, -0.2) is 11.0 Å². The van der Waals surface area contributed by atoms with Gasteiger partial charge in [0.15, 0.2) is 6.23 Å². The number of hydrogen-bond acceptors (Lipinski definition) is 2. The van der Waals surface area contributed by atoms with Crippen molar-refractivity contribution >= 4 is 6.47 Å². The second-order valence-electron chi connectivity index (χ2n) is 2.47. The lowest BCUT2D eigenvalue weighted by Crippen LogP contribution is -2.05. The minimum atomic E-state index is -0.207. The zero-order chi connectivity index (χ0) is 8.27. The van der Waals surface area contributed by atoms with Gasteiger partial charge in [0.2, 0.25) is 0 Å². The van der Waals surface area contributed by atoms with E-state index >= 15 is 0 Å². The van der Waals surface area contributed by atoms with Crippen molar-refractivity contribution in [1.29, 1.82) is 0 Å². The van der Waals surface area contributed by atoms with Gasteiger partial charge in [0.25, 0.3) is 6.47 Å². The summed E-state index contributed by atoms with van der Waals surface area (Å²) in [4.78, 5) is 9.96. The molecule has 0 amide bonds. The Bertz CT molecular complexity index is 242. The molecule has 1 aromatic heterocycles. The van der Waals surface area contributed by atoms with E-state index in [1.807, 2.05) is 36.9 Å². The van der Waals surface area contributed by atoms with Crippen LogP contribution in [0.2, 0.25) is 0 Å². The average Bonchev–Trinajstić information content (AvgIpc) is 2.36. The molecule has 0 aliphatic heterocycles. The number of ether oxygens (including phenoxy) is 1. The normalized spacial score (nSPS) is 12.5. The van der Waals surface area contributed by atoms with E-state index in [9.17, 15) is 4.79 Å². The van der Waals surface area contributed by atoms with Gasteiger partial charge in [-0.3, -0.25) is 4.79 Å². The Hall–Kier alpha value is -1.25. The third kappa shape index (κ3) is 1.83. The van der Waals surface area contributed by atoms with Gasteiger partial charge >= 0.3 is 0 Å². The average molecular weight is 153 g/mol. The molecule has 0 spiro atoms. The van der Waals surface area contributed by atoms with Crippen LogP contribution >= 0.6 is 0 Å². The van der Waals surface area contributed by atoms with Gasteiger partial charge in [-0.2, -0.15) is 0 Å². The second kappa shape index (κ2) is 3.23. The molecule has 0 aliphatic carbocycles. The number of carbonyl (C=O) groups is 1. The number of carbonyl (C=O) groups excluding carboxylic acids is 1. The molecule has 60 valence electrons. The van der Waals surface area contributed by atoms with E-state index in [-0.39, 0.29) is 6.23 Å². The Morgan fingerprint density at radius 3 is 2.91 bits per heavy atom. The van der Waals surface area contributed by atoms with Crippen LogP contribution in [0.15, 0.2) is 18.5 Å². The minimum absolute atomic E-state index is 0.207. The van der Waals surface area contributed by atoms with Crippen LogP contribution in [0.4, 0.5) is 0 Å². The maximum absolute atomic E-state index is 9.96. The number of nitrogens with zero attached hydrogens (tertiary/aromatic N) is 1. The molecule has 1 aromatic rings. The maximum Gasteiger partial charge on any atom is 0.295 e. The van der Waals surface area contributed by atoms with E-state index in [2.05, 4.69) is 0 Å². The molecule has 1 unspecified atom stereocenters. The molecule has 1 atom stereocenters. The van der Waals surface area contributed by atoms with Crippen molar-refractivity contribution in [1.82, 2.24) is 4.57 Å². The van der Waals surface area contributed by atoms with Crippen LogP contribution in [0.5, 0.6) is 0 Å². The molecule has 0 saturated heterocycles. The molecule has 3 nitrogen and oxygen atoms in total. The number of aromatic nitrogens is 1. The number of aryl methyl sites for hydroxylation is 1. The van der Waals surface area contributed by atoms with E-state index in [0.29, 0.717) is 6.47 Å². The summed E-state index contributed by atoms with van der Waals surface area (Å²) in [7, 11) is 0. The molecule has 1 heterocycles. The van der Waals surface area contributed by atoms with Crippen LogP contribution in [0.1, 0.15) is 18.7 Å². The smallest absolute Gasteiger partial charge is 0.295 e. The van der Waals surface area contributed by atoms with E-state index in [1.54, 1.807) is 0 Å². The van der Waals surface area contributed by atoms with E-state index in [1.165, 1.54) is 0 Å². The van der Waals surface area contributed by atoms with Crippen molar-refractivity contribution in [3.8, 4) is 0 Å². The predicted octanol–water partition coefficient (Wildman–Crippen LogP) is 1.49. The van der Waals surface area contributed by atoms with Gasteiger partial charge in [-0.1, -0.05) is 0 Å². The standard InChI is InChI=1S/C8H11NO2/c1-7-3-4-9(5-7)8(2)11-6-10/h3-6,8H,1-2H3. The van der Waals surface area contributed by atoms with Gasteiger partial charge < -0.3 is 9.30 Å². The summed E-state index contributed by atoms with van der Waals surface area (Å²) in [6, 6.07) is 1.96. The largest absolute Gasteiger partial charge is 0.444 e. The van der Waals surface area contributed by atoms with Crippen molar-refractivity contribution in [2.45, 2.75) is 20.1 Å². The van der Waals surface area contributed by atoms with Crippen molar-refractivity contribution in [2.75, 3.05) is 0 Å². The highest BCUT2D eigenvalue weighted by Gasteiger charge is 2.01. The van der Waals surface area contributed by atoms with Crippen LogP contribution in [-0.2, 0) is 9.53 Å². The summed E-state index contributed by atoms with van der Waals surface area (Å²) in [6.07, 6.45) is 3.60. The third-order valence-electron chi connectivity index (χ3n) is 1.53. The first-order valence-electron chi connectivity index (χ1n) is 3.47. The van der Waals surface area contributed by atoms with Crippen molar-refractivity contribution in [2.24, 2.45) is 0 Å². The number of hydrogen-bond donors (Lipinski definition) is 0. The summed E-state index contributed by atoms with van der Waals surface area (Å²) in [5.74, 6) is 0. The highest BCUT2D eigenvalue weighted by molar-refractivity contribution is 5.37. The summed E-state index contributed by atoms with van der Waals surface area (Å²) in [5.41, 5.74) is 1.16. The highest BCUT2D eigenvalue weighted by Crippen LogP contribution is 2.08. The van der Waals surface area contributed by atoms with Gasteiger partial charge in [0, 0.05) is 12.4 Å². The lowest BCUT2D eigenvalue weighted by molar-refractivity contribution is -0.136. The van der Waals surface area contributed by atoms with Gasteiger partial charge in [-0.15, -0.1) is 0 Å². The molecule has 0 fully saturated rings. The molecule has 1 rings (SSSR count). The minimum Gasteiger partial charge on any atom is -0.444 e. The molecule has 0 radical (unpaired) electrons.